The number of hydrogen-bond donors (Lipinski definition) is 3. The van der Waals surface area contributed by atoms with Crippen molar-refractivity contribution in [1.29, 1.82) is 0 Å². The number of carbonyl (C=O) groups excluding carboxylic acids is 1. The highest BCUT2D eigenvalue weighted by molar-refractivity contribution is 5.92. The van der Waals surface area contributed by atoms with Crippen molar-refractivity contribution in [3.05, 3.63) is 60.6 Å². The third-order valence-corrected chi connectivity index (χ3v) is 4.58. The van der Waals surface area contributed by atoms with E-state index in [0.717, 1.165) is 11.3 Å². The Hall–Kier alpha value is -4.55. The third kappa shape index (κ3) is 5.43. The van der Waals surface area contributed by atoms with E-state index in [4.69, 9.17) is 5.73 Å². The average Bonchev–Trinajstić information content (AvgIpc) is 3.17. The molecule has 4 rings (SSSR count). The van der Waals surface area contributed by atoms with Gasteiger partial charge in [-0.1, -0.05) is 12.1 Å². The summed E-state index contributed by atoms with van der Waals surface area (Å²) >= 11 is 0. The molecule has 0 saturated heterocycles. The van der Waals surface area contributed by atoms with Crippen molar-refractivity contribution in [3.63, 3.8) is 0 Å². The molecule has 0 spiro atoms. The van der Waals surface area contributed by atoms with Crippen molar-refractivity contribution in [2.45, 2.75) is 6.18 Å². The van der Waals surface area contributed by atoms with Crippen molar-refractivity contribution >= 4 is 23.5 Å². The summed E-state index contributed by atoms with van der Waals surface area (Å²) in [4.78, 5) is 28.2. The summed E-state index contributed by atoms with van der Waals surface area (Å²) in [7, 11) is 1.70. The number of pyridine rings is 1. The maximum Gasteiger partial charge on any atom is 0.405 e. The summed E-state index contributed by atoms with van der Waals surface area (Å²) in [6.45, 7) is -1.43. The predicted octanol–water partition coefficient (Wildman–Crippen LogP) is 2.95. The van der Waals surface area contributed by atoms with Crippen LogP contribution in [0.3, 0.4) is 0 Å². The zero-order valence-corrected chi connectivity index (χ0v) is 17.7. The Morgan fingerprint density at radius 3 is 2.41 bits per heavy atom. The highest BCUT2D eigenvalue weighted by Gasteiger charge is 2.28. The second-order valence-electron chi connectivity index (χ2n) is 7.12. The van der Waals surface area contributed by atoms with E-state index in [1.54, 1.807) is 24.6 Å². The van der Waals surface area contributed by atoms with Crippen LogP contribution in [0.1, 0.15) is 10.5 Å². The first-order chi connectivity index (χ1) is 16.2. The van der Waals surface area contributed by atoms with Gasteiger partial charge in [-0.15, -0.1) is 5.10 Å². The van der Waals surface area contributed by atoms with E-state index in [2.05, 4.69) is 30.4 Å². The molecule has 4 N–H and O–H groups in total. The first kappa shape index (κ1) is 22.6. The predicted molar refractivity (Wildman–Crippen MR) is 118 cm³/mol. The van der Waals surface area contributed by atoms with Crippen molar-refractivity contribution in [1.82, 2.24) is 35.0 Å². The van der Waals surface area contributed by atoms with Gasteiger partial charge in [0, 0.05) is 36.3 Å². The number of amides is 1. The quantitative estimate of drug-likeness (QED) is 0.392. The summed E-state index contributed by atoms with van der Waals surface area (Å²) in [5.41, 5.74) is 8.29. The van der Waals surface area contributed by atoms with Crippen molar-refractivity contribution in [3.8, 4) is 22.6 Å². The largest absolute Gasteiger partial charge is 0.405 e. The van der Waals surface area contributed by atoms with Crippen LogP contribution in [0, 0.1) is 0 Å². The molecule has 0 aliphatic carbocycles. The number of rotatable bonds is 6. The number of aromatic nitrogens is 6. The number of anilines is 3. The van der Waals surface area contributed by atoms with E-state index < -0.39 is 18.6 Å². The van der Waals surface area contributed by atoms with E-state index >= 15 is 0 Å². The smallest absolute Gasteiger partial charge is 0.368 e. The zero-order chi connectivity index (χ0) is 24.3. The molecule has 0 fully saturated rings. The molecule has 0 aliphatic heterocycles. The van der Waals surface area contributed by atoms with Crippen LogP contribution in [0.5, 0.6) is 0 Å². The molecule has 3 heterocycles. The number of nitrogens with one attached hydrogen (secondary N) is 2. The molecule has 0 radical (unpaired) electrons. The number of benzene rings is 1. The van der Waals surface area contributed by atoms with Crippen LogP contribution in [0.15, 0.2) is 54.9 Å². The van der Waals surface area contributed by atoms with E-state index in [9.17, 15) is 18.0 Å². The highest BCUT2D eigenvalue weighted by Crippen LogP contribution is 2.23. The highest BCUT2D eigenvalue weighted by atomic mass is 19.4. The Kier molecular flexibility index (Phi) is 6.08. The minimum absolute atomic E-state index is 0.146. The number of nitrogen functional groups attached to an aromatic ring is 1. The number of hydrogen-bond acceptors (Lipinski definition) is 8. The first-order valence-corrected chi connectivity index (χ1v) is 9.86. The van der Waals surface area contributed by atoms with Crippen molar-refractivity contribution in [2.75, 3.05) is 17.6 Å². The molecule has 0 atom stereocenters. The van der Waals surface area contributed by atoms with Gasteiger partial charge in [-0.05, 0) is 30.3 Å². The summed E-state index contributed by atoms with van der Waals surface area (Å²) < 4.78 is 38.3. The van der Waals surface area contributed by atoms with Gasteiger partial charge in [0.15, 0.2) is 5.82 Å². The van der Waals surface area contributed by atoms with Crippen LogP contribution in [-0.4, -0.2) is 48.3 Å². The molecule has 34 heavy (non-hydrogen) atoms. The number of nitrogens with zero attached hydrogens (tertiary/aromatic N) is 6. The third-order valence-electron chi connectivity index (χ3n) is 4.58. The van der Waals surface area contributed by atoms with Gasteiger partial charge in [-0.25, -0.2) is 14.6 Å². The maximum absolute atomic E-state index is 12.3. The topological polar surface area (TPSA) is 137 Å². The molecule has 0 aliphatic rings. The molecular weight excluding hydrogens is 451 g/mol. The normalized spacial score (nSPS) is 11.3. The van der Waals surface area contributed by atoms with E-state index in [1.807, 2.05) is 24.3 Å². The Bertz CT molecular complexity index is 1300. The number of carbonyl (C=O) groups is 1. The number of aryl methyl sites for hydroxylation is 1. The molecule has 4 aromatic rings. The van der Waals surface area contributed by atoms with Crippen LogP contribution in [0.25, 0.3) is 22.6 Å². The van der Waals surface area contributed by atoms with Crippen LogP contribution >= 0.6 is 0 Å². The van der Waals surface area contributed by atoms with Gasteiger partial charge in [0.2, 0.25) is 11.9 Å². The van der Waals surface area contributed by atoms with Gasteiger partial charge in [-0.2, -0.15) is 18.2 Å². The minimum Gasteiger partial charge on any atom is -0.368 e. The summed E-state index contributed by atoms with van der Waals surface area (Å²) in [6.07, 6.45) is -1.59. The van der Waals surface area contributed by atoms with Crippen molar-refractivity contribution in [2.24, 2.45) is 7.05 Å². The minimum atomic E-state index is -4.50. The lowest BCUT2D eigenvalue weighted by atomic mass is 10.1. The fourth-order valence-corrected chi connectivity index (χ4v) is 2.94. The lowest BCUT2D eigenvalue weighted by Gasteiger charge is -2.07. The maximum atomic E-state index is 12.3. The molecule has 0 bridgehead atoms. The summed E-state index contributed by atoms with van der Waals surface area (Å²) in [5, 5.41) is 9.24. The van der Waals surface area contributed by atoms with E-state index in [-0.39, 0.29) is 11.6 Å². The Labute approximate surface area is 191 Å². The Morgan fingerprint density at radius 2 is 1.76 bits per heavy atom. The molecule has 0 saturated carbocycles. The molecule has 10 nitrogen and oxygen atoms in total. The second kappa shape index (κ2) is 9.13. The number of nitrogens with two attached hydrogens (primary N) is 1. The molecule has 3 aromatic heterocycles. The van der Waals surface area contributed by atoms with Gasteiger partial charge in [-0.3, -0.25) is 9.78 Å². The summed E-state index contributed by atoms with van der Waals surface area (Å²) in [5.74, 6) is 0.0398. The lowest BCUT2D eigenvalue weighted by Crippen LogP contribution is -2.34. The van der Waals surface area contributed by atoms with E-state index in [1.165, 1.54) is 23.0 Å². The monoisotopic (exact) mass is 469 g/mol. The molecule has 1 amide bonds. The molecule has 1 aromatic carbocycles. The summed E-state index contributed by atoms with van der Waals surface area (Å²) in [6, 6.07) is 12.0. The fraction of sp³-hybridized carbons (Fsp3) is 0.143. The van der Waals surface area contributed by atoms with Crippen LogP contribution in [0.2, 0.25) is 0 Å². The van der Waals surface area contributed by atoms with Gasteiger partial charge >= 0.3 is 6.18 Å². The Morgan fingerprint density at radius 1 is 1.03 bits per heavy atom. The SMILES string of the molecule is Cn1nc(-c2ccc(C(=O)NCC(F)(F)F)nc2)nc1Nc1ccc(-c2ccnc(N)n2)cc1. The van der Waals surface area contributed by atoms with Gasteiger partial charge in [0.1, 0.15) is 12.2 Å². The van der Waals surface area contributed by atoms with Gasteiger partial charge in [0.05, 0.1) is 5.69 Å². The second-order valence-corrected chi connectivity index (χ2v) is 7.12. The van der Waals surface area contributed by atoms with Gasteiger partial charge < -0.3 is 16.4 Å². The molecular formula is C21H18F3N9O. The standard InChI is InChI=1S/C21H18F3N9O/c1-33-20(29-14-5-2-12(3-6-14)15-8-9-26-19(25)30-15)31-17(32-33)13-4-7-16(27-10-13)18(34)28-11-21(22,23)24/h2-10H,11H2,1H3,(H,28,34)(H2,25,26,30)(H,29,31,32). The first-order valence-electron chi connectivity index (χ1n) is 9.86. The van der Waals surface area contributed by atoms with Gasteiger partial charge in [0.25, 0.3) is 5.91 Å². The average molecular weight is 469 g/mol. The van der Waals surface area contributed by atoms with Crippen LogP contribution in [0.4, 0.5) is 30.8 Å². The van der Waals surface area contributed by atoms with Crippen LogP contribution < -0.4 is 16.4 Å². The molecule has 0 unspecified atom stereocenters. The molecule has 174 valence electrons. The van der Waals surface area contributed by atoms with Crippen LogP contribution in [-0.2, 0) is 7.05 Å². The number of halogens is 3. The zero-order valence-electron chi connectivity index (χ0n) is 17.7. The number of alkyl halides is 3. The lowest BCUT2D eigenvalue weighted by molar-refractivity contribution is -0.123. The fourth-order valence-electron chi connectivity index (χ4n) is 2.94. The van der Waals surface area contributed by atoms with E-state index in [0.29, 0.717) is 23.0 Å². The Balaban J connectivity index is 1.45. The molecule has 13 heteroatoms. The van der Waals surface area contributed by atoms with Crippen molar-refractivity contribution < 1.29 is 18.0 Å².